The van der Waals surface area contributed by atoms with Gasteiger partial charge in [-0.1, -0.05) is 48.0 Å². The highest BCUT2D eigenvalue weighted by Crippen LogP contribution is 2.29. The van der Waals surface area contributed by atoms with Gasteiger partial charge in [-0.2, -0.15) is 10.2 Å². The van der Waals surface area contributed by atoms with Crippen molar-refractivity contribution in [1.29, 1.82) is 5.26 Å². The van der Waals surface area contributed by atoms with Crippen molar-refractivity contribution in [3.8, 4) is 17.5 Å². The number of nitrogens with one attached hydrogen (secondary N) is 1. The smallest absolute Gasteiger partial charge is 0.232 e. The quantitative estimate of drug-likeness (QED) is 0.691. The van der Waals surface area contributed by atoms with Crippen LogP contribution in [0, 0.1) is 11.3 Å². The minimum absolute atomic E-state index is 0.0144. The van der Waals surface area contributed by atoms with Gasteiger partial charge in [0.2, 0.25) is 17.5 Å². The molecule has 0 saturated heterocycles. The van der Waals surface area contributed by atoms with E-state index in [1.54, 1.807) is 0 Å². The summed E-state index contributed by atoms with van der Waals surface area (Å²) in [6, 6.07) is 19.3. The maximum absolute atomic E-state index is 9.37. The number of hydrogen-bond acceptors (Lipinski definition) is 5. The van der Waals surface area contributed by atoms with Gasteiger partial charge in [0.1, 0.15) is 6.07 Å². The summed E-state index contributed by atoms with van der Waals surface area (Å²) in [6.07, 6.45) is 0. The van der Waals surface area contributed by atoms with Crippen LogP contribution < -0.4 is 5.32 Å². The summed E-state index contributed by atoms with van der Waals surface area (Å²) in [5.74, 6) is 0.786. The average Bonchev–Trinajstić information content (AvgIpc) is 3.07. The summed E-state index contributed by atoms with van der Waals surface area (Å²) < 4.78 is 5.79. The van der Waals surface area contributed by atoms with Crippen LogP contribution in [0.5, 0.6) is 0 Å². The molecule has 1 unspecified atom stereocenters. The van der Waals surface area contributed by atoms with Crippen molar-refractivity contribution in [2.45, 2.75) is 6.04 Å². The highest BCUT2D eigenvalue weighted by Gasteiger charge is 2.20. The van der Waals surface area contributed by atoms with Gasteiger partial charge in [0.05, 0.1) is 6.04 Å². The molecule has 1 aromatic heterocycles. The zero-order chi connectivity index (χ0) is 18.5. The zero-order valence-electron chi connectivity index (χ0n) is 14.6. The number of likely N-dealkylation sites (N-methyl/N-ethyl adjacent to an activating group) is 1. The summed E-state index contributed by atoms with van der Waals surface area (Å²) in [4.78, 5) is 6.35. The molecule has 0 bridgehead atoms. The second-order valence-corrected chi connectivity index (χ2v) is 6.46. The molecule has 0 aliphatic rings. The first-order valence-electron chi connectivity index (χ1n) is 8.21. The van der Waals surface area contributed by atoms with Crippen LogP contribution in [-0.4, -0.2) is 30.5 Å². The normalized spacial score (nSPS) is 12.0. The third-order valence-electron chi connectivity index (χ3n) is 4.10. The predicted octanol–water partition coefficient (Wildman–Crippen LogP) is 4.58. The zero-order valence-corrected chi connectivity index (χ0v) is 15.4. The fourth-order valence-corrected chi connectivity index (χ4v) is 2.99. The average molecular weight is 367 g/mol. The van der Waals surface area contributed by atoms with Gasteiger partial charge in [-0.3, -0.25) is 0 Å². The number of oxazole rings is 1. The van der Waals surface area contributed by atoms with E-state index in [-0.39, 0.29) is 11.7 Å². The van der Waals surface area contributed by atoms with Crippen molar-refractivity contribution in [1.82, 2.24) is 9.88 Å². The summed E-state index contributed by atoms with van der Waals surface area (Å²) in [7, 11) is 3.97. The number of rotatable bonds is 6. The fraction of sp³-hybridized carbons (Fsp3) is 0.200. The minimum Gasteiger partial charge on any atom is -0.419 e. The molecule has 132 valence electrons. The highest BCUT2D eigenvalue weighted by atomic mass is 35.5. The van der Waals surface area contributed by atoms with E-state index in [0.717, 1.165) is 11.1 Å². The van der Waals surface area contributed by atoms with Gasteiger partial charge in [-0.15, -0.1) is 0 Å². The van der Waals surface area contributed by atoms with Gasteiger partial charge in [-0.05, 0) is 37.9 Å². The van der Waals surface area contributed by atoms with Crippen LogP contribution in [0.4, 0.5) is 5.88 Å². The van der Waals surface area contributed by atoms with Crippen LogP contribution in [0.2, 0.25) is 5.02 Å². The lowest BCUT2D eigenvalue weighted by Gasteiger charge is -2.25. The SMILES string of the molecule is CN(C)C(CNc1oc(-c2ccccc2)nc1C#N)c1ccccc1Cl. The van der Waals surface area contributed by atoms with E-state index in [1.807, 2.05) is 68.7 Å². The Morgan fingerprint density at radius 2 is 1.85 bits per heavy atom. The maximum atomic E-state index is 9.37. The van der Waals surface area contributed by atoms with Gasteiger partial charge in [0.15, 0.2) is 0 Å². The molecule has 0 radical (unpaired) electrons. The number of aromatic nitrogens is 1. The van der Waals surface area contributed by atoms with Crippen LogP contribution >= 0.6 is 11.6 Å². The first-order chi connectivity index (χ1) is 12.6. The Labute approximate surface area is 157 Å². The van der Waals surface area contributed by atoms with Crippen LogP contribution in [0.1, 0.15) is 17.3 Å². The Hall–Kier alpha value is -2.81. The largest absolute Gasteiger partial charge is 0.419 e. The molecule has 0 aliphatic carbocycles. The van der Waals surface area contributed by atoms with E-state index in [2.05, 4.69) is 21.3 Å². The highest BCUT2D eigenvalue weighted by molar-refractivity contribution is 6.31. The van der Waals surface area contributed by atoms with Crippen LogP contribution in [0.25, 0.3) is 11.5 Å². The topological polar surface area (TPSA) is 65.1 Å². The molecule has 1 atom stereocenters. The van der Waals surface area contributed by atoms with Crippen molar-refractivity contribution in [3.05, 3.63) is 70.9 Å². The first-order valence-corrected chi connectivity index (χ1v) is 8.59. The molecule has 6 heteroatoms. The molecule has 0 aliphatic heterocycles. The number of nitrogens with zero attached hydrogens (tertiary/aromatic N) is 3. The number of anilines is 1. The lowest BCUT2D eigenvalue weighted by Crippen LogP contribution is -2.27. The van der Waals surface area contributed by atoms with Crippen molar-refractivity contribution in [3.63, 3.8) is 0 Å². The first kappa shape index (κ1) is 18.0. The molecule has 0 saturated carbocycles. The predicted molar refractivity (Wildman–Crippen MR) is 103 cm³/mol. The second kappa shape index (κ2) is 8.05. The third kappa shape index (κ3) is 3.88. The Bertz CT molecular complexity index is 915. The van der Waals surface area contributed by atoms with Crippen LogP contribution in [-0.2, 0) is 0 Å². The van der Waals surface area contributed by atoms with Gasteiger partial charge >= 0.3 is 0 Å². The Kier molecular flexibility index (Phi) is 5.57. The van der Waals surface area contributed by atoms with Gasteiger partial charge in [0.25, 0.3) is 0 Å². The molecule has 2 aromatic carbocycles. The summed E-state index contributed by atoms with van der Waals surface area (Å²) in [5.41, 5.74) is 2.07. The Balaban J connectivity index is 1.83. The van der Waals surface area contributed by atoms with E-state index >= 15 is 0 Å². The molecule has 1 N–H and O–H groups in total. The Morgan fingerprint density at radius 1 is 1.15 bits per heavy atom. The lowest BCUT2D eigenvalue weighted by atomic mass is 10.1. The van der Waals surface area contributed by atoms with Gasteiger partial charge < -0.3 is 14.6 Å². The van der Waals surface area contributed by atoms with Crippen LogP contribution in [0.15, 0.2) is 59.0 Å². The van der Waals surface area contributed by atoms with Crippen molar-refractivity contribution >= 4 is 17.5 Å². The molecule has 3 aromatic rings. The fourth-order valence-electron chi connectivity index (χ4n) is 2.73. The van der Waals surface area contributed by atoms with Crippen molar-refractivity contribution < 1.29 is 4.42 Å². The maximum Gasteiger partial charge on any atom is 0.232 e. The summed E-state index contributed by atoms with van der Waals surface area (Å²) >= 11 is 6.34. The molecule has 1 heterocycles. The molecule has 0 amide bonds. The molecular weight excluding hydrogens is 348 g/mol. The van der Waals surface area contributed by atoms with Crippen molar-refractivity contribution in [2.75, 3.05) is 26.0 Å². The molecule has 3 rings (SSSR count). The molecule has 26 heavy (non-hydrogen) atoms. The Morgan fingerprint density at radius 3 is 2.50 bits per heavy atom. The van der Waals surface area contributed by atoms with Gasteiger partial charge in [-0.25, -0.2) is 0 Å². The standard InChI is InChI=1S/C20H19ClN4O/c1-25(2)18(15-10-6-7-11-16(15)21)13-23-20-17(12-22)24-19(26-20)14-8-4-3-5-9-14/h3-11,18,23H,13H2,1-2H3. The molecule has 0 fully saturated rings. The van der Waals surface area contributed by atoms with Crippen molar-refractivity contribution in [2.24, 2.45) is 0 Å². The number of nitriles is 1. The summed E-state index contributed by atoms with van der Waals surface area (Å²) in [5, 5.41) is 13.3. The third-order valence-corrected chi connectivity index (χ3v) is 4.44. The van der Waals surface area contributed by atoms with E-state index < -0.39 is 0 Å². The molecule has 0 spiro atoms. The van der Waals surface area contributed by atoms with E-state index in [1.165, 1.54) is 0 Å². The van der Waals surface area contributed by atoms with E-state index in [9.17, 15) is 5.26 Å². The monoisotopic (exact) mass is 366 g/mol. The van der Waals surface area contributed by atoms with E-state index in [4.69, 9.17) is 16.0 Å². The minimum atomic E-state index is 0.0144. The van der Waals surface area contributed by atoms with Gasteiger partial charge in [0, 0.05) is 17.1 Å². The number of benzene rings is 2. The van der Waals surface area contributed by atoms with E-state index in [0.29, 0.717) is 23.3 Å². The molecule has 5 nitrogen and oxygen atoms in total. The number of halogens is 1. The summed E-state index contributed by atoms with van der Waals surface area (Å²) in [6.45, 7) is 0.523. The number of hydrogen-bond donors (Lipinski definition) is 1. The van der Waals surface area contributed by atoms with Crippen LogP contribution in [0.3, 0.4) is 0 Å². The molecular formula is C20H19ClN4O. The second-order valence-electron chi connectivity index (χ2n) is 6.06. The lowest BCUT2D eigenvalue weighted by molar-refractivity contribution is 0.310.